The molecule has 4 heteroatoms. The van der Waals surface area contributed by atoms with Gasteiger partial charge in [-0.1, -0.05) is 13.0 Å². The van der Waals surface area contributed by atoms with Crippen LogP contribution in [0.3, 0.4) is 0 Å². The number of hydrogen-bond donors (Lipinski definition) is 0. The Morgan fingerprint density at radius 3 is 2.80 bits per heavy atom. The van der Waals surface area contributed by atoms with Crippen molar-refractivity contribution in [2.75, 3.05) is 13.7 Å². The van der Waals surface area contributed by atoms with Crippen LogP contribution in [0.1, 0.15) is 23.7 Å². The molecule has 0 radical (unpaired) electrons. The highest BCUT2D eigenvalue weighted by molar-refractivity contribution is 5.90. The van der Waals surface area contributed by atoms with E-state index in [2.05, 4.69) is 4.74 Å². The average Bonchev–Trinajstić information content (AvgIpc) is 2.27. The number of ether oxygens (including phenoxy) is 2. The van der Waals surface area contributed by atoms with Crippen molar-refractivity contribution in [1.29, 1.82) is 0 Å². The van der Waals surface area contributed by atoms with Gasteiger partial charge in [-0.25, -0.2) is 9.18 Å². The van der Waals surface area contributed by atoms with Gasteiger partial charge in [0.2, 0.25) is 0 Å². The number of rotatable bonds is 4. The first-order valence-electron chi connectivity index (χ1n) is 4.70. The van der Waals surface area contributed by atoms with Gasteiger partial charge >= 0.3 is 5.97 Å². The molecule has 82 valence electrons. The molecule has 0 aliphatic heterocycles. The summed E-state index contributed by atoms with van der Waals surface area (Å²) in [4.78, 5) is 11.1. The molecule has 0 saturated carbocycles. The van der Waals surface area contributed by atoms with Crippen LogP contribution in [-0.4, -0.2) is 19.7 Å². The second-order valence-corrected chi connectivity index (χ2v) is 2.96. The molecule has 1 aromatic rings. The predicted molar refractivity (Wildman–Crippen MR) is 53.5 cm³/mol. The van der Waals surface area contributed by atoms with Crippen molar-refractivity contribution in [2.45, 2.75) is 13.3 Å². The Hall–Kier alpha value is -1.58. The minimum absolute atomic E-state index is 0.0831. The van der Waals surface area contributed by atoms with Gasteiger partial charge in [-0.05, 0) is 18.6 Å². The van der Waals surface area contributed by atoms with Crippen LogP contribution in [0.5, 0.6) is 5.75 Å². The summed E-state index contributed by atoms with van der Waals surface area (Å²) in [6.07, 6.45) is 0.780. The normalized spacial score (nSPS) is 9.80. The molecule has 3 nitrogen and oxygen atoms in total. The molecule has 0 aromatic heterocycles. The van der Waals surface area contributed by atoms with Gasteiger partial charge in [-0.2, -0.15) is 0 Å². The summed E-state index contributed by atoms with van der Waals surface area (Å²) in [7, 11) is 1.21. The molecule has 0 amide bonds. The van der Waals surface area contributed by atoms with Crippen LogP contribution >= 0.6 is 0 Å². The molecule has 1 aromatic carbocycles. The molecule has 0 aliphatic rings. The van der Waals surface area contributed by atoms with E-state index in [1.165, 1.54) is 19.2 Å². The first-order chi connectivity index (χ1) is 7.20. The highest BCUT2D eigenvalue weighted by Gasteiger charge is 2.15. The lowest BCUT2D eigenvalue weighted by Gasteiger charge is -2.07. The molecule has 1 rings (SSSR count). The molecule has 0 bridgehead atoms. The topological polar surface area (TPSA) is 35.5 Å². The lowest BCUT2D eigenvalue weighted by molar-refractivity contribution is 0.0594. The zero-order valence-corrected chi connectivity index (χ0v) is 8.75. The fourth-order valence-electron chi connectivity index (χ4n) is 1.10. The number of carbonyl (C=O) groups excluding carboxylic acids is 1. The lowest BCUT2D eigenvalue weighted by Crippen LogP contribution is -2.06. The van der Waals surface area contributed by atoms with Gasteiger partial charge in [0, 0.05) is 0 Å². The molecule has 0 fully saturated rings. The van der Waals surface area contributed by atoms with Crippen LogP contribution in [-0.2, 0) is 4.74 Å². The lowest BCUT2D eigenvalue weighted by atomic mass is 10.2. The van der Waals surface area contributed by atoms with Crippen LogP contribution in [0.4, 0.5) is 4.39 Å². The van der Waals surface area contributed by atoms with Crippen molar-refractivity contribution in [2.24, 2.45) is 0 Å². The Balaban J connectivity index is 2.95. The number of halogens is 1. The smallest absolute Gasteiger partial charge is 0.340 e. The summed E-state index contributed by atoms with van der Waals surface area (Å²) in [5.74, 6) is -1.29. The van der Waals surface area contributed by atoms with Gasteiger partial charge in [0.05, 0.1) is 19.3 Å². The third kappa shape index (κ3) is 2.68. The minimum Gasteiger partial charge on any atom is -0.491 e. The van der Waals surface area contributed by atoms with Crippen LogP contribution < -0.4 is 4.74 Å². The second-order valence-electron chi connectivity index (χ2n) is 2.96. The van der Waals surface area contributed by atoms with E-state index < -0.39 is 11.8 Å². The van der Waals surface area contributed by atoms with Gasteiger partial charge < -0.3 is 9.47 Å². The summed E-state index contributed by atoms with van der Waals surface area (Å²) in [6, 6.07) is 4.40. The van der Waals surface area contributed by atoms with E-state index in [9.17, 15) is 9.18 Å². The number of esters is 1. The summed E-state index contributed by atoms with van der Waals surface area (Å²) in [5, 5.41) is 0. The number of benzene rings is 1. The molecular formula is C11H13FO3. The molecule has 0 N–H and O–H groups in total. The largest absolute Gasteiger partial charge is 0.491 e. The molecular weight excluding hydrogens is 199 g/mol. The van der Waals surface area contributed by atoms with Gasteiger partial charge in [-0.15, -0.1) is 0 Å². The summed E-state index contributed by atoms with van der Waals surface area (Å²) >= 11 is 0. The maximum Gasteiger partial charge on any atom is 0.340 e. The predicted octanol–water partition coefficient (Wildman–Crippen LogP) is 2.40. The van der Waals surface area contributed by atoms with Gasteiger partial charge in [0.25, 0.3) is 0 Å². The molecule has 0 spiro atoms. The Morgan fingerprint density at radius 1 is 1.47 bits per heavy atom. The third-order valence-electron chi connectivity index (χ3n) is 1.83. The fraction of sp³-hybridized carbons (Fsp3) is 0.364. The summed E-state index contributed by atoms with van der Waals surface area (Å²) < 4.78 is 23.2. The van der Waals surface area contributed by atoms with E-state index in [0.29, 0.717) is 6.61 Å². The number of hydrogen-bond acceptors (Lipinski definition) is 3. The molecule has 0 saturated heterocycles. The Morgan fingerprint density at radius 2 is 2.20 bits per heavy atom. The van der Waals surface area contributed by atoms with Crippen LogP contribution in [0.2, 0.25) is 0 Å². The highest BCUT2D eigenvalue weighted by atomic mass is 19.1. The van der Waals surface area contributed by atoms with Crippen molar-refractivity contribution in [1.82, 2.24) is 0 Å². The molecule has 15 heavy (non-hydrogen) atoms. The summed E-state index contributed by atoms with van der Waals surface area (Å²) in [5.41, 5.74) is -0.105. The summed E-state index contributed by atoms with van der Waals surface area (Å²) in [6.45, 7) is 2.34. The third-order valence-corrected chi connectivity index (χ3v) is 1.83. The van der Waals surface area contributed by atoms with Crippen LogP contribution in [0.25, 0.3) is 0 Å². The Kier molecular flexibility index (Phi) is 4.09. The van der Waals surface area contributed by atoms with E-state index in [0.717, 1.165) is 6.42 Å². The van der Waals surface area contributed by atoms with Gasteiger partial charge in [0.15, 0.2) is 11.6 Å². The van der Waals surface area contributed by atoms with Crippen molar-refractivity contribution in [3.63, 3.8) is 0 Å². The second kappa shape index (κ2) is 5.34. The molecule has 0 unspecified atom stereocenters. The first kappa shape index (κ1) is 11.5. The minimum atomic E-state index is -0.700. The van der Waals surface area contributed by atoms with Crippen molar-refractivity contribution < 1.29 is 18.7 Å². The van der Waals surface area contributed by atoms with Gasteiger partial charge in [0.1, 0.15) is 0 Å². The Labute approximate surface area is 87.8 Å². The van der Waals surface area contributed by atoms with E-state index in [-0.39, 0.29) is 11.3 Å². The first-order valence-corrected chi connectivity index (χ1v) is 4.70. The SMILES string of the molecule is CCCOc1cccc(C(=O)OC)c1F. The van der Waals surface area contributed by atoms with E-state index in [4.69, 9.17) is 4.74 Å². The molecule has 0 heterocycles. The van der Waals surface area contributed by atoms with Crippen LogP contribution in [0.15, 0.2) is 18.2 Å². The van der Waals surface area contributed by atoms with E-state index in [1.54, 1.807) is 6.07 Å². The standard InChI is InChI=1S/C11H13FO3/c1-3-7-15-9-6-4-5-8(10(9)12)11(13)14-2/h4-6H,3,7H2,1-2H3. The highest BCUT2D eigenvalue weighted by Crippen LogP contribution is 2.21. The van der Waals surface area contributed by atoms with Crippen LogP contribution in [0, 0.1) is 5.82 Å². The quantitative estimate of drug-likeness (QED) is 0.719. The molecule has 0 aliphatic carbocycles. The molecule has 0 atom stereocenters. The Bertz CT molecular complexity index is 350. The monoisotopic (exact) mass is 212 g/mol. The van der Waals surface area contributed by atoms with E-state index in [1.807, 2.05) is 6.92 Å². The number of carbonyl (C=O) groups is 1. The average molecular weight is 212 g/mol. The number of methoxy groups -OCH3 is 1. The fourth-order valence-corrected chi connectivity index (χ4v) is 1.10. The zero-order chi connectivity index (χ0) is 11.3. The van der Waals surface area contributed by atoms with Gasteiger partial charge in [-0.3, -0.25) is 0 Å². The maximum absolute atomic E-state index is 13.6. The van der Waals surface area contributed by atoms with Crippen molar-refractivity contribution >= 4 is 5.97 Å². The zero-order valence-electron chi connectivity index (χ0n) is 8.75. The van der Waals surface area contributed by atoms with Crippen molar-refractivity contribution in [3.05, 3.63) is 29.6 Å². The maximum atomic E-state index is 13.6. The van der Waals surface area contributed by atoms with E-state index >= 15 is 0 Å². The van der Waals surface area contributed by atoms with Crippen molar-refractivity contribution in [3.8, 4) is 5.75 Å².